The molecule has 98 valence electrons. The summed E-state index contributed by atoms with van der Waals surface area (Å²) >= 11 is 0. The predicted octanol–water partition coefficient (Wildman–Crippen LogP) is 1.84. The molecule has 0 amide bonds. The van der Waals surface area contributed by atoms with E-state index in [-0.39, 0.29) is 0 Å². The standard InChI is InChI=1S/C14H22N4/c1-4-12(5-1)10-15-13-6-3-9-18(11-13)14-7-2-8-16-17-14/h2,7-8,12-13,15H,1,3-6,9-11H2. The van der Waals surface area contributed by atoms with Crippen LogP contribution >= 0.6 is 0 Å². The number of piperidine rings is 1. The third-order valence-electron chi connectivity index (χ3n) is 4.22. The van der Waals surface area contributed by atoms with Gasteiger partial charge in [-0.2, -0.15) is 5.10 Å². The molecule has 0 radical (unpaired) electrons. The van der Waals surface area contributed by atoms with Crippen LogP contribution in [0.5, 0.6) is 0 Å². The van der Waals surface area contributed by atoms with Crippen molar-refractivity contribution >= 4 is 5.82 Å². The highest BCUT2D eigenvalue weighted by Crippen LogP contribution is 2.26. The van der Waals surface area contributed by atoms with Crippen LogP contribution in [-0.2, 0) is 0 Å². The maximum atomic E-state index is 4.21. The van der Waals surface area contributed by atoms with Gasteiger partial charge in [-0.05, 0) is 50.3 Å². The molecule has 1 aliphatic heterocycles. The minimum atomic E-state index is 0.626. The van der Waals surface area contributed by atoms with Gasteiger partial charge in [0, 0.05) is 25.3 Å². The lowest BCUT2D eigenvalue weighted by Gasteiger charge is -2.35. The van der Waals surface area contributed by atoms with Crippen molar-refractivity contribution < 1.29 is 0 Å². The summed E-state index contributed by atoms with van der Waals surface area (Å²) in [5.74, 6) is 1.96. The Hall–Kier alpha value is -1.16. The van der Waals surface area contributed by atoms with Crippen molar-refractivity contribution in [3.05, 3.63) is 18.3 Å². The molecule has 1 saturated heterocycles. The number of hydrogen-bond acceptors (Lipinski definition) is 4. The largest absolute Gasteiger partial charge is 0.354 e. The molecule has 1 saturated carbocycles. The van der Waals surface area contributed by atoms with Gasteiger partial charge in [0.1, 0.15) is 0 Å². The van der Waals surface area contributed by atoms with Crippen molar-refractivity contribution in [3.63, 3.8) is 0 Å². The number of nitrogens with zero attached hydrogens (tertiary/aromatic N) is 3. The van der Waals surface area contributed by atoms with E-state index in [1.165, 1.54) is 38.6 Å². The molecule has 2 heterocycles. The van der Waals surface area contributed by atoms with Crippen LogP contribution < -0.4 is 10.2 Å². The maximum Gasteiger partial charge on any atom is 0.151 e. The van der Waals surface area contributed by atoms with Gasteiger partial charge in [0.05, 0.1) is 0 Å². The molecule has 1 aromatic heterocycles. The smallest absolute Gasteiger partial charge is 0.151 e. The molecule has 1 unspecified atom stereocenters. The van der Waals surface area contributed by atoms with E-state index in [9.17, 15) is 0 Å². The average Bonchev–Trinajstić information content (AvgIpc) is 2.38. The molecule has 0 bridgehead atoms. The third kappa shape index (κ3) is 2.80. The summed E-state index contributed by atoms with van der Waals surface area (Å²) in [4.78, 5) is 2.36. The molecule has 1 aliphatic carbocycles. The van der Waals surface area contributed by atoms with E-state index >= 15 is 0 Å². The SMILES string of the molecule is c1cnnc(N2CCCC(NCC3CCC3)C2)c1. The molecule has 0 spiro atoms. The van der Waals surface area contributed by atoms with Crippen molar-refractivity contribution in [3.8, 4) is 0 Å². The zero-order valence-corrected chi connectivity index (χ0v) is 10.9. The van der Waals surface area contributed by atoms with Gasteiger partial charge in [0.2, 0.25) is 0 Å². The Morgan fingerprint density at radius 3 is 2.94 bits per heavy atom. The summed E-state index contributed by atoms with van der Waals surface area (Å²) in [6.07, 6.45) is 8.56. The van der Waals surface area contributed by atoms with Crippen LogP contribution in [0.3, 0.4) is 0 Å². The summed E-state index contributed by atoms with van der Waals surface area (Å²) < 4.78 is 0. The highest BCUT2D eigenvalue weighted by atomic mass is 15.3. The Kier molecular flexibility index (Phi) is 3.74. The maximum absolute atomic E-state index is 4.21. The second-order valence-electron chi connectivity index (χ2n) is 5.57. The lowest BCUT2D eigenvalue weighted by atomic mass is 9.85. The Balaban J connectivity index is 1.51. The minimum Gasteiger partial charge on any atom is -0.354 e. The lowest BCUT2D eigenvalue weighted by molar-refractivity contribution is 0.280. The minimum absolute atomic E-state index is 0.626. The average molecular weight is 246 g/mol. The molecule has 4 heteroatoms. The fourth-order valence-corrected chi connectivity index (χ4v) is 2.84. The highest BCUT2D eigenvalue weighted by Gasteiger charge is 2.23. The third-order valence-corrected chi connectivity index (χ3v) is 4.22. The molecular formula is C14H22N4. The molecule has 2 fully saturated rings. The fraction of sp³-hybridized carbons (Fsp3) is 0.714. The molecule has 3 rings (SSSR count). The summed E-state index contributed by atoms with van der Waals surface area (Å²) in [7, 11) is 0. The van der Waals surface area contributed by atoms with E-state index in [0.29, 0.717) is 6.04 Å². The number of aromatic nitrogens is 2. The first-order valence-electron chi connectivity index (χ1n) is 7.18. The number of anilines is 1. The van der Waals surface area contributed by atoms with Crippen molar-refractivity contribution in [1.82, 2.24) is 15.5 Å². The molecule has 1 aromatic rings. The van der Waals surface area contributed by atoms with Gasteiger partial charge in [0.25, 0.3) is 0 Å². The summed E-state index contributed by atoms with van der Waals surface area (Å²) in [5, 5.41) is 11.9. The summed E-state index contributed by atoms with van der Waals surface area (Å²) in [6.45, 7) is 3.39. The van der Waals surface area contributed by atoms with Gasteiger partial charge in [-0.3, -0.25) is 0 Å². The van der Waals surface area contributed by atoms with E-state index in [0.717, 1.165) is 24.8 Å². The zero-order valence-electron chi connectivity index (χ0n) is 10.9. The number of hydrogen-bond donors (Lipinski definition) is 1. The second kappa shape index (κ2) is 5.65. The number of rotatable bonds is 4. The van der Waals surface area contributed by atoms with E-state index in [4.69, 9.17) is 0 Å². The molecular weight excluding hydrogens is 224 g/mol. The molecule has 1 N–H and O–H groups in total. The first-order chi connectivity index (χ1) is 8.92. The van der Waals surface area contributed by atoms with Crippen molar-refractivity contribution in [2.24, 2.45) is 5.92 Å². The van der Waals surface area contributed by atoms with Crippen LogP contribution in [0.25, 0.3) is 0 Å². The van der Waals surface area contributed by atoms with Crippen molar-refractivity contribution in [2.75, 3.05) is 24.5 Å². The molecule has 18 heavy (non-hydrogen) atoms. The van der Waals surface area contributed by atoms with Crippen molar-refractivity contribution in [2.45, 2.75) is 38.1 Å². The van der Waals surface area contributed by atoms with E-state index in [2.05, 4.69) is 26.5 Å². The lowest BCUT2D eigenvalue weighted by Crippen LogP contribution is -2.47. The first kappa shape index (κ1) is 11.9. The van der Waals surface area contributed by atoms with E-state index in [1.54, 1.807) is 6.20 Å². The Morgan fingerprint density at radius 2 is 2.22 bits per heavy atom. The van der Waals surface area contributed by atoms with E-state index in [1.807, 2.05) is 6.07 Å². The van der Waals surface area contributed by atoms with Gasteiger partial charge in [-0.1, -0.05) is 6.42 Å². The Morgan fingerprint density at radius 1 is 1.28 bits per heavy atom. The van der Waals surface area contributed by atoms with Crippen LogP contribution in [-0.4, -0.2) is 35.9 Å². The quantitative estimate of drug-likeness (QED) is 0.880. The van der Waals surface area contributed by atoms with Crippen molar-refractivity contribution in [1.29, 1.82) is 0 Å². The Bertz CT molecular complexity index is 363. The molecule has 2 aliphatic rings. The zero-order chi connectivity index (χ0) is 12.2. The van der Waals surface area contributed by atoms with Crippen LogP contribution in [0.2, 0.25) is 0 Å². The van der Waals surface area contributed by atoms with Crippen LogP contribution in [0.15, 0.2) is 18.3 Å². The number of nitrogens with one attached hydrogen (secondary N) is 1. The van der Waals surface area contributed by atoms with Gasteiger partial charge < -0.3 is 10.2 Å². The fourth-order valence-electron chi connectivity index (χ4n) is 2.84. The van der Waals surface area contributed by atoms with Gasteiger partial charge in [-0.25, -0.2) is 0 Å². The van der Waals surface area contributed by atoms with Gasteiger partial charge in [-0.15, -0.1) is 5.10 Å². The van der Waals surface area contributed by atoms with Gasteiger partial charge in [0.15, 0.2) is 5.82 Å². The monoisotopic (exact) mass is 246 g/mol. The second-order valence-corrected chi connectivity index (χ2v) is 5.57. The topological polar surface area (TPSA) is 41.1 Å². The summed E-state index contributed by atoms with van der Waals surface area (Å²) in [6, 6.07) is 4.65. The molecule has 1 atom stereocenters. The normalized spacial score (nSPS) is 24.9. The predicted molar refractivity (Wildman–Crippen MR) is 72.6 cm³/mol. The Labute approximate surface area is 109 Å². The van der Waals surface area contributed by atoms with E-state index < -0.39 is 0 Å². The molecule has 0 aromatic carbocycles. The van der Waals surface area contributed by atoms with Crippen LogP contribution in [0.1, 0.15) is 32.1 Å². The van der Waals surface area contributed by atoms with Crippen LogP contribution in [0.4, 0.5) is 5.82 Å². The van der Waals surface area contributed by atoms with Gasteiger partial charge >= 0.3 is 0 Å². The first-order valence-corrected chi connectivity index (χ1v) is 7.18. The highest BCUT2D eigenvalue weighted by molar-refractivity contribution is 5.37. The van der Waals surface area contributed by atoms with Crippen LogP contribution in [0, 0.1) is 5.92 Å². The molecule has 4 nitrogen and oxygen atoms in total. The summed E-state index contributed by atoms with van der Waals surface area (Å²) in [5.41, 5.74) is 0.